The lowest BCUT2D eigenvalue weighted by molar-refractivity contribution is 0.283. The number of aromatic nitrogens is 2. The number of rotatable bonds is 7. The van der Waals surface area contributed by atoms with Crippen LogP contribution < -0.4 is 10.1 Å². The first-order valence-electron chi connectivity index (χ1n) is 7.26. The van der Waals surface area contributed by atoms with Gasteiger partial charge >= 0.3 is 0 Å². The predicted octanol–water partition coefficient (Wildman–Crippen LogP) is 3.29. The summed E-state index contributed by atoms with van der Waals surface area (Å²) in [6.07, 6.45) is 1.90. The summed E-state index contributed by atoms with van der Waals surface area (Å²) >= 11 is 0. The van der Waals surface area contributed by atoms with Gasteiger partial charge in [-0.25, -0.2) is 4.39 Å². The van der Waals surface area contributed by atoms with E-state index < -0.39 is 0 Å². The van der Waals surface area contributed by atoms with Gasteiger partial charge in [-0.1, -0.05) is 13.0 Å². The van der Waals surface area contributed by atoms with E-state index in [1.54, 1.807) is 6.07 Å². The van der Waals surface area contributed by atoms with Crippen molar-refractivity contribution in [1.82, 2.24) is 15.1 Å². The topological polar surface area (TPSA) is 39.1 Å². The molecule has 2 rings (SSSR count). The molecule has 0 radical (unpaired) electrons. The van der Waals surface area contributed by atoms with Crippen LogP contribution in [-0.2, 0) is 13.2 Å². The summed E-state index contributed by atoms with van der Waals surface area (Å²) in [5, 5.41) is 7.53. The first kappa shape index (κ1) is 15.5. The van der Waals surface area contributed by atoms with Crippen LogP contribution in [0.25, 0.3) is 0 Å². The molecule has 2 aromatic rings. The Labute approximate surface area is 124 Å². The molecule has 0 aliphatic heterocycles. The van der Waals surface area contributed by atoms with Gasteiger partial charge in [0.25, 0.3) is 0 Å². The van der Waals surface area contributed by atoms with E-state index in [-0.39, 0.29) is 18.2 Å². The average molecular weight is 291 g/mol. The van der Waals surface area contributed by atoms with E-state index in [9.17, 15) is 4.39 Å². The smallest absolute Gasteiger partial charge is 0.165 e. The normalized spacial score (nSPS) is 11.1. The monoisotopic (exact) mass is 291 g/mol. The molecule has 1 heterocycles. The Morgan fingerprint density at radius 1 is 1.33 bits per heavy atom. The summed E-state index contributed by atoms with van der Waals surface area (Å²) in [7, 11) is 0. The molecule has 0 atom stereocenters. The van der Waals surface area contributed by atoms with E-state index in [1.807, 2.05) is 29.9 Å². The molecule has 0 spiro atoms. The third-order valence-electron chi connectivity index (χ3n) is 3.14. The molecule has 21 heavy (non-hydrogen) atoms. The van der Waals surface area contributed by atoms with Crippen LogP contribution in [0, 0.1) is 5.82 Å². The summed E-state index contributed by atoms with van der Waals surface area (Å²) in [5.74, 6) is -0.0805. The first-order valence-corrected chi connectivity index (χ1v) is 7.26. The molecule has 5 heteroatoms. The highest BCUT2D eigenvalue weighted by Crippen LogP contribution is 2.19. The van der Waals surface area contributed by atoms with E-state index >= 15 is 0 Å². The molecule has 0 fully saturated rings. The second-order valence-corrected chi connectivity index (χ2v) is 5.21. The Balaban J connectivity index is 1.96. The zero-order valence-electron chi connectivity index (χ0n) is 12.8. The summed E-state index contributed by atoms with van der Waals surface area (Å²) in [6, 6.07) is 7.23. The lowest BCUT2D eigenvalue weighted by atomic mass is 10.2. The largest absolute Gasteiger partial charge is 0.484 e. The molecule has 0 saturated heterocycles. The van der Waals surface area contributed by atoms with Crippen LogP contribution in [0.5, 0.6) is 5.75 Å². The minimum Gasteiger partial charge on any atom is -0.484 e. The van der Waals surface area contributed by atoms with Gasteiger partial charge < -0.3 is 10.1 Å². The fraction of sp³-hybridized carbons (Fsp3) is 0.438. The van der Waals surface area contributed by atoms with Crippen LogP contribution in [-0.4, -0.2) is 16.3 Å². The van der Waals surface area contributed by atoms with Crippen molar-refractivity contribution in [3.8, 4) is 5.75 Å². The fourth-order valence-corrected chi connectivity index (χ4v) is 1.93. The van der Waals surface area contributed by atoms with E-state index in [0.29, 0.717) is 12.6 Å². The Hall–Kier alpha value is -1.88. The standard InChI is InChI=1S/C16H22FN3O/c1-4-18-10-13-5-6-16(15(17)9-13)21-11-14-7-8-20(19-14)12(2)3/h5-9,12,18H,4,10-11H2,1-3H3. The zero-order chi connectivity index (χ0) is 15.2. The molecular weight excluding hydrogens is 269 g/mol. The Kier molecular flexibility index (Phi) is 5.33. The van der Waals surface area contributed by atoms with Crippen molar-refractivity contribution < 1.29 is 9.13 Å². The molecule has 0 unspecified atom stereocenters. The molecule has 114 valence electrons. The number of ether oxygens (including phenoxy) is 1. The number of nitrogens with zero attached hydrogens (tertiary/aromatic N) is 2. The summed E-state index contributed by atoms with van der Waals surface area (Å²) < 4.78 is 21.3. The Morgan fingerprint density at radius 2 is 2.14 bits per heavy atom. The van der Waals surface area contributed by atoms with Gasteiger partial charge in [-0.05, 0) is 44.2 Å². The van der Waals surface area contributed by atoms with Crippen LogP contribution in [0.2, 0.25) is 0 Å². The van der Waals surface area contributed by atoms with Crippen molar-refractivity contribution in [2.75, 3.05) is 6.54 Å². The molecule has 1 N–H and O–H groups in total. The van der Waals surface area contributed by atoms with E-state index in [2.05, 4.69) is 24.3 Å². The Morgan fingerprint density at radius 3 is 2.76 bits per heavy atom. The van der Waals surface area contributed by atoms with Gasteiger partial charge in [0, 0.05) is 18.8 Å². The molecule has 1 aromatic heterocycles. The average Bonchev–Trinajstić information content (AvgIpc) is 2.93. The lowest BCUT2D eigenvalue weighted by Gasteiger charge is -2.08. The highest BCUT2D eigenvalue weighted by atomic mass is 19.1. The van der Waals surface area contributed by atoms with Crippen molar-refractivity contribution >= 4 is 0 Å². The van der Waals surface area contributed by atoms with Crippen LogP contribution >= 0.6 is 0 Å². The summed E-state index contributed by atoms with van der Waals surface area (Å²) in [4.78, 5) is 0. The molecule has 4 nitrogen and oxygen atoms in total. The number of halogens is 1. The van der Waals surface area contributed by atoms with Gasteiger partial charge in [0.1, 0.15) is 6.61 Å². The molecule has 0 aliphatic rings. The van der Waals surface area contributed by atoms with Crippen molar-refractivity contribution in [1.29, 1.82) is 0 Å². The van der Waals surface area contributed by atoms with Crippen LogP contribution in [0.15, 0.2) is 30.5 Å². The van der Waals surface area contributed by atoms with Crippen LogP contribution in [0.1, 0.15) is 38.1 Å². The fourth-order valence-electron chi connectivity index (χ4n) is 1.93. The minimum atomic E-state index is -0.339. The zero-order valence-corrected chi connectivity index (χ0v) is 12.8. The predicted molar refractivity (Wildman–Crippen MR) is 80.7 cm³/mol. The van der Waals surface area contributed by atoms with Crippen LogP contribution in [0.4, 0.5) is 4.39 Å². The SMILES string of the molecule is CCNCc1ccc(OCc2ccn(C(C)C)n2)c(F)c1. The third-order valence-corrected chi connectivity index (χ3v) is 3.14. The molecular formula is C16H22FN3O. The summed E-state index contributed by atoms with van der Waals surface area (Å²) in [6.45, 7) is 7.92. The molecule has 0 bridgehead atoms. The van der Waals surface area contributed by atoms with E-state index in [0.717, 1.165) is 17.8 Å². The van der Waals surface area contributed by atoms with Crippen molar-refractivity contribution in [3.63, 3.8) is 0 Å². The highest BCUT2D eigenvalue weighted by Gasteiger charge is 2.07. The molecule has 0 aliphatic carbocycles. The first-order chi connectivity index (χ1) is 10.1. The van der Waals surface area contributed by atoms with Gasteiger partial charge in [-0.15, -0.1) is 0 Å². The van der Waals surface area contributed by atoms with E-state index in [4.69, 9.17) is 4.74 Å². The Bertz CT molecular complexity index is 581. The second kappa shape index (κ2) is 7.22. The van der Waals surface area contributed by atoms with Gasteiger partial charge in [0.2, 0.25) is 0 Å². The third kappa shape index (κ3) is 4.29. The molecule has 0 amide bonds. The number of nitrogens with one attached hydrogen (secondary N) is 1. The maximum absolute atomic E-state index is 13.9. The quantitative estimate of drug-likeness (QED) is 0.851. The van der Waals surface area contributed by atoms with Gasteiger partial charge in [-0.2, -0.15) is 5.10 Å². The summed E-state index contributed by atoms with van der Waals surface area (Å²) in [5.41, 5.74) is 1.70. The molecule has 1 aromatic carbocycles. The van der Waals surface area contributed by atoms with Gasteiger partial charge in [0.05, 0.1) is 5.69 Å². The van der Waals surface area contributed by atoms with Gasteiger partial charge in [0.15, 0.2) is 11.6 Å². The van der Waals surface area contributed by atoms with Crippen molar-refractivity contribution in [2.45, 2.75) is 40.0 Å². The van der Waals surface area contributed by atoms with Gasteiger partial charge in [-0.3, -0.25) is 4.68 Å². The number of benzene rings is 1. The van der Waals surface area contributed by atoms with Crippen LogP contribution in [0.3, 0.4) is 0 Å². The molecule has 0 saturated carbocycles. The van der Waals surface area contributed by atoms with Crippen molar-refractivity contribution in [2.24, 2.45) is 0 Å². The second-order valence-electron chi connectivity index (χ2n) is 5.21. The van der Waals surface area contributed by atoms with Crippen molar-refractivity contribution in [3.05, 3.63) is 47.5 Å². The lowest BCUT2D eigenvalue weighted by Crippen LogP contribution is -2.11. The highest BCUT2D eigenvalue weighted by molar-refractivity contribution is 5.29. The van der Waals surface area contributed by atoms with E-state index in [1.165, 1.54) is 6.07 Å². The number of hydrogen-bond donors (Lipinski definition) is 1. The maximum Gasteiger partial charge on any atom is 0.165 e. The number of hydrogen-bond acceptors (Lipinski definition) is 3. The minimum absolute atomic E-state index is 0.259. The maximum atomic E-state index is 13.9.